The number of carbonyl (C=O) groups is 2. The molecule has 0 saturated heterocycles. The first kappa shape index (κ1) is 40.0. The maximum atomic E-state index is 12.2. The average molecular weight is 746 g/mol. The Kier molecular flexibility index (Phi) is 12.1. The van der Waals surface area contributed by atoms with Gasteiger partial charge in [-0.2, -0.15) is 0 Å². The van der Waals surface area contributed by atoms with Crippen LogP contribution in [0.1, 0.15) is 96.5 Å². The molecule has 4 heterocycles. The molecule has 51 heavy (non-hydrogen) atoms. The fraction of sp³-hybridized carbons (Fsp3) is 0.556. The van der Waals surface area contributed by atoms with Crippen molar-refractivity contribution in [3.8, 4) is 0 Å². The highest BCUT2D eigenvalue weighted by molar-refractivity contribution is 7.91. The number of sulfone groups is 2. The third-order valence-corrected chi connectivity index (χ3v) is 11.6. The van der Waals surface area contributed by atoms with Crippen LogP contribution in [-0.2, 0) is 65.0 Å². The summed E-state index contributed by atoms with van der Waals surface area (Å²) in [5, 5.41) is 3.46. The Labute approximate surface area is 301 Å². The molecule has 4 aromatic rings. The second-order valence-corrected chi connectivity index (χ2v) is 17.9. The van der Waals surface area contributed by atoms with Gasteiger partial charge in [0.15, 0.2) is 19.7 Å². The molecule has 0 bridgehead atoms. The first-order chi connectivity index (χ1) is 23.4. The van der Waals surface area contributed by atoms with Gasteiger partial charge in [-0.15, -0.1) is 0 Å². The highest BCUT2D eigenvalue weighted by Gasteiger charge is 2.29. The van der Waals surface area contributed by atoms with E-state index in [1.54, 1.807) is 24.3 Å². The minimum absolute atomic E-state index is 0. The second kappa shape index (κ2) is 15.4. The number of carbonyl (C=O) groups excluding carboxylic acids is 2. The molecule has 0 amide bonds. The topological polar surface area (TPSA) is 169 Å². The average Bonchev–Trinajstić information content (AvgIpc) is 3.58. The van der Waals surface area contributed by atoms with Gasteiger partial charge in [-0.1, -0.05) is 35.1 Å². The molecule has 280 valence electrons. The van der Waals surface area contributed by atoms with E-state index in [0.29, 0.717) is 28.9 Å². The monoisotopic (exact) mass is 745 g/mol. The molecule has 0 unspecified atom stereocenters. The number of fused-ring (bicyclic) bond motifs is 6. The van der Waals surface area contributed by atoms with Crippen LogP contribution >= 0.6 is 0 Å². The standard InChI is InChI=1S/C18H24N2O4S.C17H23N3O4S.CH4/c1-11(2)14-6-5-7-20-16-9-17(25(4,22)23)13(10-24-12(3)21)8-15(16)19-18(14)20;1-10(2)16-17-19-13-7-12(9-24-11(3)21)15(25(4,22)23)8-14(13)20(17)6-5-18-16;/h8-9,11,14H,5-7,10H2,1-4H3;7-8,10,16,18H,5-6,9H2,1-4H3;1H4/t14-;16-;/m11./s1. The zero-order valence-electron chi connectivity index (χ0n) is 29.9. The van der Waals surface area contributed by atoms with Crippen LogP contribution in [0.25, 0.3) is 22.1 Å². The molecule has 0 saturated carbocycles. The van der Waals surface area contributed by atoms with Gasteiger partial charge < -0.3 is 23.9 Å². The summed E-state index contributed by atoms with van der Waals surface area (Å²) in [7, 11) is -6.89. The zero-order chi connectivity index (χ0) is 36.7. The fourth-order valence-corrected chi connectivity index (χ4v) is 8.72. The Bertz CT molecular complexity index is 2010. The Morgan fingerprint density at radius 1 is 0.784 bits per heavy atom. The van der Waals surface area contributed by atoms with Crippen molar-refractivity contribution in [2.75, 3.05) is 19.1 Å². The smallest absolute Gasteiger partial charge is 0.302 e. The highest BCUT2D eigenvalue weighted by atomic mass is 32.2. The van der Waals surface area contributed by atoms with Crippen molar-refractivity contribution >= 4 is 53.7 Å². The lowest BCUT2D eigenvalue weighted by atomic mass is 9.88. The summed E-state index contributed by atoms with van der Waals surface area (Å²) in [5.41, 5.74) is 4.05. The summed E-state index contributed by atoms with van der Waals surface area (Å²) >= 11 is 0. The molecule has 0 spiro atoms. The summed E-state index contributed by atoms with van der Waals surface area (Å²) in [6.45, 7) is 13.5. The minimum Gasteiger partial charge on any atom is -0.461 e. The van der Waals surface area contributed by atoms with Crippen molar-refractivity contribution < 1.29 is 35.9 Å². The predicted octanol–water partition coefficient (Wildman–Crippen LogP) is 5.48. The molecule has 0 aliphatic carbocycles. The zero-order valence-corrected chi connectivity index (χ0v) is 31.6. The maximum Gasteiger partial charge on any atom is 0.302 e. The molecule has 2 atom stereocenters. The molecule has 1 N–H and O–H groups in total. The van der Waals surface area contributed by atoms with Crippen molar-refractivity contribution in [3.63, 3.8) is 0 Å². The van der Waals surface area contributed by atoms with Gasteiger partial charge >= 0.3 is 11.9 Å². The van der Waals surface area contributed by atoms with Crippen LogP contribution < -0.4 is 5.32 Å². The van der Waals surface area contributed by atoms with Gasteiger partial charge in [0.1, 0.15) is 24.9 Å². The van der Waals surface area contributed by atoms with E-state index < -0.39 is 31.6 Å². The van der Waals surface area contributed by atoms with E-state index in [2.05, 4.69) is 42.1 Å². The maximum absolute atomic E-state index is 12.2. The number of nitrogens with one attached hydrogen (secondary N) is 1. The van der Waals surface area contributed by atoms with E-state index in [0.717, 1.165) is 72.4 Å². The Balaban J connectivity index is 0.000000224. The molecule has 2 aliphatic rings. The van der Waals surface area contributed by atoms with Crippen LogP contribution in [0.3, 0.4) is 0 Å². The van der Waals surface area contributed by atoms with Crippen molar-refractivity contribution in [3.05, 3.63) is 47.0 Å². The number of aromatic nitrogens is 4. The van der Waals surface area contributed by atoms with Crippen molar-refractivity contribution in [1.29, 1.82) is 0 Å². The normalized spacial score (nSPS) is 17.4. The fourth-order valence-electron chi connectivity index (χ4n) is 6.88. The molecular formula is C36H51N5O8S2. The van der Waals surface area contributed by atoms with Crippen LogP contribution in [0.4, 0.5) is 0 Å². The summed E-state index contributed by atoms with van der Waals surface area (Å²) in [6, 6.07) is 6.93. The summed E-state index contributed by atoms with van der Waals surface area (Å²) in [6.07, 6.45) is 4.50. The van der Waals surface area contributed by atoms with Gasteiger partial charge in [-0.25, -0.2) is 26.8 Å². The molecule has 15 heteroatoms. The van der Waals surface area contributed by atoms with Gasteiger partial charge in [0.2, 0.25) is 0 Å². The van der Waals surface area contributed by atoms with Gasteiger partial charge in [0, 0.05) is 63.0 Å². The number of ether oxygens (including phenoxy) is 2. The number of aryl methyl sites for hydroxylation is 1. The number of hydrogen-bond donors (Lipinski definition) is 1. The SMILES string of the molecule is C.CC(=O)OCc1cc2nc3n(c2cc1S(C)(=O)=O)CCC[C@@H]3C(C)C.CC(=O)OCc1cc2nc3n(c2cc1S(C)(=O)=O)CCN[C@@H]3C(C)C. The first-order valence-corrected chi connectivity index (χ1v) is 20.6. The molecule has 2 aromatic heterocycles. The lowest BCUT2D eigenvalue weighted by Gasteiger charge is -2.28. The third kappa shape index (κ3) is 8.63. The minimum atomic E-state index is -3.46. The van der Waals surface area contributed by atoms with Gasteiger partial charge in [0.05, 0.1) is 37.9 Å². The van der Waals surface area contributed by atoms with E-state index in [9.17, 15) is 26.4 Å². The number of benzene rings is 2. The molecule has 0 radical (unpaired) electrons. The Morgan fingerprint density at radius 2 is 1.25 bits per heavy atom. The van der Waals surface area contributed by atoms with Crippen molar-refractivity contribution in [2.45, 2.75) is 110 Å². The molecule has 2 aliphatic heterocycles. The molecule has 6 rings (SSSR count). The number of hydrogen-bond acceptors (Lipinski definition) is 11. The molecular weight excluding hydrogens is 695 g/mol. The lowest BCUT2D eigenvalue weighted by Crippen LogP contribution is -2.36. The van der Waals surface area contributed by atoms with E-state index in [1.807, 2.05) is 0 Å². The Hall–Kier alpha value is -3.82. The van der Waals surface area contributed by atoms with Gasteiger partial charge in [0.25, 0.3) is 0 Å². The third-order valence-electron chi connectivity index (χ3n) is 9.26. The number of imidazole rings is 2. The van der Waals surface area contributed by atoms with Gasteiger partial charge in [-0.05, 0) is 48.9 Å². The highest BCUT2D eigenvalue weighted by Crippen LogP contribution is 2.37. The summed E-state index contributed by atoms with van der Waals surface area (Å²) in [4.78, 5) is 32.2. The van der Waals surface area contributed by atoms with E-state index >= 15 is 0 Å². The van der Waals surface area contributed by atoms with Crippen LogP contribution in [0, 0.1) is 11.8 Å². The molecule has 13 nitrogen and oxygen atoms in total. The largest absolute Gasteiger partial charge is 0.461 e. The van der Waals surface area contributed by atoms with Gasteiger partial charge in [-0.3, -0.25) is 9.59 Å². The number of esters is 2. The quantitative estimate of drug-likeness (QED) is 0.227. The summed E-state index contributed by atoms with van der Waals surface area (Å²) < 4.78 is 63.2. The van der Waals surface area contributed by atoms with E-state index in [4.69, 9.17) is 19.4 Å². The van der Waals surface area contributed by atoms with Crippen molar-refractivity contribution in [2.24, 2.45) is 11.8 Å². The van der Waals surface area contributed by atoms with Crippen molar-refractivity contribution in [1.82, 2.24) is 24.4 Å². The van der Waals surface area contributed by atoms with Crippen LogP contribution in [0.5, 0.6) is 0 Å². The van der Waals surface area contributed by atoms with Crippen LogP contribution in [-0.4, -0.2) is 66.9 Å². The van der Waals surface area contributed by atoms with E-state index in [1.165, 1.54) is 20.1 Å². The molecule has 2 aromatic carbocycles. The number of nitrogens with zero attached hydrogens (tertiary/aromatic N) is 4. The second-order valence-electron chi connectivity index (χ2n) is 13.9. The van der Waals surface area contributed by atoms with Crippen LogP contribution in [0.15, 0.2) is 34.1 Å². The van der Waals surface area contributed by atoms with Crippen LogP contribution in [0.2, 0.25) is 0 Å². The summed E-state index contributed by atoms with van der Waals surface area (Å²) in [5.74, 6) is 2.27. The first-order valence-electron chi connectivity index (χ1n) is 16.8. The van der Waals surface area contributed by atoms with E-state index in [-0.39, 0.29) is 36.5 Å². The molecule has 0 fully saturated rings. The lowest BCUT2D eigenvalue weighted by molar-refractivity contribution is -0.143. The number of rotatable bonds is 8. The Morgan fingerprint density at radius 3 is 1.69 bits per heavy atom. The predicted molar refractivity (Wildman–Crippen MR) is 196 cm³/mol.